The van der Waals surface area contributed by atoms with Gasteiger partial charge in [-0.2, -0.15) is 0 Å². The Hall–Kier alpha value is -1.78. The molecule has 2 aromatic carbocycles. The van der Waals surface area contributed by atoms with E-state index in [1.807, 2.05) is 24.3 Å². The van der Waals surface area contributed by atoms with Crippen LogP contribution in [-0.4, -0.2) is 31.2 Å². The van der Waals surface area contributed by atoms with Gasteiger partial charge < -0.3 is 9.47 Å². The molecule has 3 rings (SSSR count). The highest BCUT2D eigenvalue weighted by molar-refractivity contribution is 6.31. The fraction of sp³-hybridized carbons (Fsp3) is 0.294. The maximum atomic E-state index is 13.0. The van der Waals surface area contributed by atoms with Crippen LogP contribution in [0, 0.1) is 5.82 Å². The Kier molecular flexibility index (Phi) is 4.50. The first-order chi connectivity index (χ1) is 10.6. The molecule has 0 radical (unpaired) electrons. The van der Waals surface area contributed by atoms with Gasteiger partial charge in [-0.25, -0.2) is 4.39 Å². The highest BCUT2D eigenvalue weighted by atomic mass is 35.5. The Morgan fingerprint density at radius 3 is 2.68 bits per heavy atom. The Morgan fingerprint density at radius 2 is 1.95 bits per heavy atom. The second-order valence-electron chi connectivity index (χ2n) is 5.35. The molecule has 1 heterocycles. The highest BCUT2D eigenvalue weighted by Crippen LogP contribution is 2.25. The van der Waals surface area contributed by atoms with Crippen molar-refractivity contribution in [3.8, 4) is 11.5 Å². The molecule has 1 saturated heterocycles. The van der Waals surface area contributed by atoms with Gasteiger partial charge in [0, 0.05) is 30.7 Å². The lowest BCUT2D eigenvalue weighted by Crippen LogP contribution is -2.53. The molecule has 0 bridgehead atoms. The number of halogens is 2. The van der Waals surface area contributed by atoms with Crippen LogP contribution >= 0.6 is 11.6 Å². The van der Waals surface area contributed by atoms with Crippen molar-refractivity contribution in [1.29, 1.82) is 0 Å². The first kappa shape index (κ1) is 15.1. The van der Waals surface area contributed by atoms with E-state index in [0.29, 0.717) is 11.6 Å². The van der Waals surface area contributed by atoms with Crippen LogP contribution in [0.1, 0.15) is 5.56 Å². The number of hydrogen-bond donors (Lipinski definition) is 0. The van der Waals surface area contributed by atoms with Gasteiger partial charge in [0.25, 0.3) is 0 Å². The Bertz CT molecular complexity index is 659. The van der Waals surface area contributed by atoms with Crippen LogP contribution in [0.3, 0.4) is 0 Å². The average molecular weight is 322 g/mol. The van der Waals surface area contributed by atoms with E-state index in [0.717, 1.165) is 30.2 Å². The molecule has 1 aliphatic rings. The van der Waals surface area contributed by atoms with Crippen LogP contribution in [0.4, 0.5) is 4.39 Å². The molecule has 2 aromatic rings. The van der Waals surface area contributed by atoms with E-state index in [9.17, 15) is 4.39 Å². The zero-order valence-electron chi connectivity index (χ0n) is 12.3. The maximum absolute atomic E-state index is 13.0. The summed E-state index contributed by atoms with van der Waals surface area (Å²) in [6.07, 6.45) is 0.159. The minimum Gasteiger partial charge on any atom is -0.497 e. The van der Waals surface area contributed by atoms with E-state index in [1.165, 1.54) is 12.1 Å². The predicted molar refractivity (Wildman–Crippen MR) is 84.1 cm³/mol. The lowest BCUT2D eigenvalue weighted by Gasteiger charge is -2.39. The van der Waals surface area contributed by atoms with E-state index < -0.39 is 0 Å². The fourth-order valence-electron chi connectivity index (χ4n) is 2.48. The molecule has 3 nitrogen and oxygen atoms in total. The summed E-state index contributed by atoms with van der Waals surface area (Å²) in [7, 11) is 1.64. The normalized spacial score (nSPS) is 15.4. The second-order valence-corrected chi connectivity index (χ2v) is 5.76. The van der Waals surface area contributed by atoms with Gasteiger partial charge in [-0.15, -0.1) is 0 Å². The summed E-state index contributed by atoms with van der Waals surface area (Å²) in [5.41, 5.74) is 0.933. The number of ether oxygens (including phenoxy) is 2. The molecule has 0 amide bonds. The van der Waals surface area contributed by atoms with Crippen molar-refractivity contribution >= 4 is 11.6 Å². The van der Waals surface area contributed by atoms with Gasteiger partial charge in [0.05, 0.1) is 7.11 Å². The average Bonchev–Trinajstić information content (AvgIpc) is 2.47. The number of likely N-dealkylation sites (tertiary alicyclic amines) is 1. The Morgan fingerprint density at radius 1 is 1.18 bits per heavy atom. The van der Waals surface area contributed by atoms with Gasteiger partial charge in [-0.05, 0) is 29.8 Å². The monoisotopic (exact) mass is 321 g/mol. The zero-order valence-corrected chi connectivity index (χ0v) is 13.0. The molecule has 0 saturated carbocycles. The largest absolute Gasteiger partial charge is 0.497 e. The Balaban J connectivity index is 1.51. The Labute approximate surface area is 134 Å². The number of benzene rings is 2. The molecule has 0 aliphatic carbocycles. The van der Waals surface area contributed by atoms with E-state index in [2.05, 4.69) is 4.90 Å². The molecule has 0 unspecified atom stereocenters. The number of rotatable bonds is 5. The van der Waals surface area contributed by atoms with Crippen LogP contribution < -0.4 is 9.47 Å². The molecule has 0 spiro atoms. The first-order valence-corrected chi connectivity index (χ1v) is 7.49. The third-order valence-electron chi connectivity index (χ3n) is 3.68. The van der Waals surface area contributed by atoms with Gasteiger partial charge in [-0.3, -0.25) is 4.90 Å². The summed E-state index contributed by atoms with van der Waals surface area (Å²) in [6.45, 7) is 2.35. The molecule has 0 N–H and O–H groups in total. The zero-order chi connectivity index (χ0) is 15.5. The van der Waals surface area contributed by atoms with Crippen molar-refractivity contribution in [3.05, 3.63) is 58.9 Å². The minimum atomic E-state index is -0.309. The van der Waals surface area contributed by atoms with Crippen LogP contribution in [-0.2, 0) is 6.54 Å². The molecule has 1 fully saturated rings. The molecule has 0 aromatic heterocycles. The molecule has 0 atom stereocenters. The summed E-state index contributed by atoms with van der Waals surface area (Å²) in [4.78, 5) is 2.21. The second kappa shape index (κ2) is 6.55. The van der Waals surface area contributed by atoms with Crippen molar-refractivity contribution in [2.75, 3.05) is 20.2 Å². The molecular formula is C17H17ClFNO2. The molecular weight excluding hydrogens is 305 g/mol. The van der Waals surface area contributed by atoms with Crippen molar-refractivity contribution in [2.24, 2.45) is 0 Å². The molecule has 116 valence electrons. The van der Waals surface area contributed by atoms with Gasteiger partial charge >= 0.3 is 0 Å². The molecule has 22 heavy (non-hydrogen) atoms. The van der Waals surface area contributed by atoms with Gasteiger partial charge in [0.2, 0.25) is 0 Å². The third-order valence-corrected chi connectivity index (χ3v) is 4.03. The smallest absolute Gasteiger partial charge is 0.124 e. The lowest BCUT2D eigenvalue weighted by molar-refractivity contribution is 0.0145. The van der Waals surface area contributed by atoms with Crippen molar-refractivity contribution in [3.63, 3.8) is 0 Å². The quantitative estimate of drug-likeness (QED) is 0.837. The fourth-order valence-corrected chi connectivity index (χ4v) is 2.71. The summed E-state index contributed by atoms with van der Waals surface area (Å²) >= 11 is 6.04. The number of methoxy groups -OCH3 is 1. The number of nitrogens with zero attached hydrogens (tertiary/aromatic N) is 1. The van der Waals surface area contributed by atoms with Crippen LogP contribution in [0.15, 0.2) is 42.5 Å². The summed E-state index contributed by atoms with van der Waals surface area (Å²) in [5, 5.41) is 0.470. The summed E-state index contributed by atoms with van der Waals surface area (Å²) in [6, 6.07) is 12.1. The van der Waals surface area contributed by atoms with Gasteiger partial charge in [0.1, 0.15) is 23.4 Å². The maximum Gasteiger partial charge on any atom is 0.124 e. The van der Waals surface area contributed by atoms with E-state index in [1.54, 1.807) is 13.2 Å². The number of hydrogen-bond acceptors (Lipinski definition) is 3. The predicted octanol–water partition coefficient (Wildman–Crippen LogP) is 3.75. The van der Waals surface area contributed by atoms with Gasteiger partial charge in [-0.1, -0.05) is 23.7 Å². The first-order valence-electron chi connectivity index (χ1n) is 7.11. The van der Waals surface area contributed by atoms with Crippen LogP contribution in [0.2, 0.25) is 5.02 Å². The molecule has 5 heteroatoms. The SMILES string of the molecule is COc1cccc(OC2CN(Cc3ccc(F)cc3Cl)C2)c1. The minimum absolute atomic E-state index is 0.159. The lowest BCUT2D eigenvalue weighted by atomic mass is 10.1. The standard InChI is InChI=1S/C17H17ClFNO2/c1-21-14-3-2-4-15(8-14)22-16-10-20(11-16)9-12-5-6-13(19)7-17(12)18/h2-8,16H,9-11H2,1H3. The molecule has 1 aliphatic heterocycles. The third kappa shape index (κ3) is 3.51. The van der Waals surface area contributed by atoms with Crippen LogP contribution in [0.25, 0.3) is 0 Å². The topological polar surface area (TPSA) is 21.7 Å². The van der Waals surface area contributed by atoms with E-state index >= 15 is 0 Å². The van der Waals surface area contributed by atoms with Crippen molar-refractivity contribution in [2.45, 2.75) is 12.6 Å². The van der Waals surface area contributed by atoms with E-state index in [-0.39, 0.29) is 11.9 Å². The highest BCUT2D eigenvalue weighted by Gasteiger charge is 2.28. The van der Waals surface area contributed by atoms with E-state index in [4.69, 9.17) is 21.1 Å². The summed E-state index contributed by atoms with van der Waals surface area (Å²) in [5.74, 6) is 1.28. The van der Waals surface area contributed by atoms with Crippen LogP contribution in [0.5, 0.6) is 11.5 Å². The summed E-state index contributed by atoms with van der Waals surface area (Å²) < 4.78 is 24.1. The van der Waals surface area contributed by atoms with Gasteiger partial charge in [0.15, 0.2) is 0 Å². The van der Waals surface area contributed by atoms with Crippen molar-refractivity contribution in [1.82, 2.24) is 4.90 Å². The van der Waals surface area contributed by atoms with Crippen molar-refractivity contribution < 1.29 is 13.9 Å².